The third-order valence-corrected chi connectivity index (χ3v) is 4.64. The number of hydrogen-bond donors (Lipinski definition) is 1. The molecule has 0 bridgehead atoms. The van der Waals surface area contributed by atoms with Gasteiger partial charge in [0.1, 0.15) is 17.5 Å². The summed E-state index contributed by atoms with van der Waals surface area (Å²) in [6.07, 6.45) is 0.709. The molecular weight excluding hydrogens is 356 g/mol. The van der Waals surface area contributed by atoms with Crippen LogP contribution in [0, 0.1) is 0 Å². The van der Waals surface area contributed by atoms with Crippen molar-refractivity contribution >= 4 is 11.8 Å². The molecule has 0 aromatic heterocycles. The van der Waals surface area contributed by atoms with E-state index in [1.165, 1.54) is 6.92 Å². The van der Waals surface area contributed by atoms with Gasteiger partial charge in [-0.2, -0.15) is 0 Å². The highest BCUT2D eigenvalue weighted by atomic mass is 16.5. The molecule has 0 aliphatic heterocycles. The Morgan fingerprint density at radius 2 is 1.43 bits per heavy atom. The Labute approximate surface area is 166 Å². The van der Waals surface area contributed by atoms with Crippen molar-refractivity contribution in [3.05, 3.63) is 59.7 Å². The summed E-state index contributed by atoms with van der Waals surface area (Å²) in [4.78, 5) is 26.2. The summed E-state index contributed by atoms with van der Waals surface area (Å²) >= 11 is 0. The Morgan fingerprint density at radius 1 is 0.929 bits per heavy atom. The first-order valence-corrected chi connectivity index (χ1v) is 9.25. The van der Waals surface area contributed by atoms with Gasteiger partial charge in [0.25, 0.3) is 0 Å². The number of benzene rings is 2. The van der Waals surface area contributed by atoms with Crippen LogP contribution in [0.5, 0.6) is 11.5 Å². The van der Waals surface area contributed by atoms with Gasteiger partial charge < -0.3 is 19.7 Å². The number of nitrogens with zero attached hydrogens (tertiary/aromatic N) is 1. The number of carbonyl (C=O) groups excluding carboxylic acids is 2. The fourth-order valence-corrected chi connectivity index (χ4v) is 2.86. The lowest BCUT2D eigenvalue weighted by Crippen LogP contribution is -2.47. The lowest BCUT2D eigenvalue weighted by atomic mass is 10.1. The first kappa shape index (κ1) is 21.3. The van der Waals surface area contributed by atoms with Gasteiger partial charge in [-0.1, -0.05) is 24.3 Å². The van der Waals surface area contributed by atoms with Crippen LogP contribution in [0.25, 0.3) is 0 Å². The molecule has 0 radical (unpaired) electrons. The second-order valence-electron chi connectivity index (χ2n) is 6.56. The molecule has 2 amide bonds. The average Bonchev–Trinajstić information content (AvgIpc) is 2.72. The summed E-state index contributed by atoms with van der Waals surface area (Å²) in [7, 11) is 3.23. The second kappa shape index (κ2) is 10.3. The van der Waals surface area contributed by atoms with Crippen LogP contribution in [0.15, 0.2) is 48.5 Å². The first-order valence-electron chi connectivity index (χ1n) is 9.25. The molecule has 0 spiro atoms. The molecule has 0 fully saturated rings. The molecule has 0 aliphatic carbocycles. The van der Waals surface area contributed by atoms with Crippen molar-refractivity contribution in [2.75, 3.05) is 20.8 Å². The average molecular weight is 384 g/mol. The van der Waals surface area contributed by atoms with E-state index < -0.39 is 6.04 Å². The number of nitrogens with one attached hydrogen (secondary N) is 1. The van der Waals surface area contributed by atoms with E-state index in [4.69, 9.17) is 9.47 Å². The van der Waals surface area contributed by atoms with Crippen molar-refractivity contribution in [2.45, 2.75) is 32.9 Å². The molecule has 1 atom stereocenters. The summed E-state index contributed by atoms with van der Waals surface area (Å²) in [6.45, 7) is 4.09. The van der Waals surface area contributed by atoms with Gasteiger partial charge in [0.2, 0.25) is 11.8 Å². The van der Waals surface area contributed by atoms with Crippen LogP contribution in [-0.2, 0) is 22.6 Å². The molecule has 1 N–H and O–H groups in total. The van der Waals surface area contributed by atoms with Crippen molar-refractivity contribution in [3.8, 4) is 11.5 Å². The van der Waals surface area contributed by atoms with Gasteiger partial charge >= 0.3 is 0 Å². The Balaban J connectivity index is 1.90. The summed E-state index contributed by atoms with van der Waals surface area (Å²) in [6, 6.07) is 14.6. The molecule has 28 heavy (non-hydrogen) atoms. The van der Waals surface area contributed by atoms with Crippen LogP contribution in [0.2, 0.25) is 0 Å². The molecule has 2 aromatic rings. The molecule has 0 aliphatic rings. The SMILES string of the molecule is COc1ccc(CCNC(=O)[C@@H](C)N(Cc2ccc(OC)cc2)C(C)=O)cc1. The maximum absolute atomic E-state index is 12.5. The number of ether oxygens (including phenoxy) is 2. The maximum Gasteiger partial charge on any atom is 0.242 e. The highest BCUT2D eigenvalue weighted by molar-refractivity contribution is 5.86. The number of hydrogen-bond acceptors (Lipinski definition) is 4. The molecule has 0 saturated carbocycles. The maximum atomic E-state index is 12.5. The molecule has 2 aromatic carbocycles. The van der Waals surface area contributed by atoms with Crippen molar-refractivity contribution in [1.29, 1.82) is 0 Å². The predicted octanol–water partition coefficient (Wildman–Crippen LogP) is 2.80. The zero-order valence-corrected chi connectivity index (χ0v) is 16.9. The third-order valence-electron chi connectivity index (χ3n) is 4.64. The first-order chi connectivity index (χ1) is 13.4. The zero-order valence-electron chi connectivity index (χ0n) is 16.9. The van der Waals surface area contributed by atoms with Crippen LogP contribution in [-0.4, -0.2) is 43.5 Å². The van der Waals surface area contributed by atoms with Gasteiger partial charge in [0.05, 0.1) is 14.2 Å². The van der Waals surface area contributed by atoms with Crippen molar-refractivity contribution in [2.24, 2.45) is 0 Å². The number of rotatable bonds is 9. The largest absolute Gasteiger partial charge is 0.497 e. The van der Waals surface area contributed by atoms with Gasteiger partial charge in [-0.05, 0) is 48.7 Å². The lowest BCUT2D eigenvalue weighted by Gasteiger charge is -2.27. The highest BCUT2D eigenvalue weighted by Crippen LogP contribution is 2.15. The lowest BCUT2D eigenvalue weighted by molar-refractivity contribution is -0.138. The topological polar surface area (TPSA) is 67.9 Å². The normalized spacial score (nSPS) is 11.4. The minimum absolute atomic E-state index is 0.145. The van der Waals surface area contributed by atoms with Crippen LogP contribution >= 0.6 is 0 Å². The molecule has 150 valence electrons. The summed E-state index contributed by atoms with van der Waals surface area (Å²) < 4.78 is 10.3. The van der Waals surface area contributed by atoms with E-state index in [1.54, 1.807) is 26.0 Å². The Morgan fingerprint density at radius 3 is 1.89 bits per heavy atom. The van der Waals surface area contributed by atoms with Gasteiger partial charge in [-0.3, -0.25) is 9.59 Å². The van der Waals surface area contributed by atoms with E-state index in [9.17, 15) is 9.59 Å². The smallest absolute Gasteiger partial charge is 0.242 e. The van der Waals surface area contributed by atoms with E-state index in [-0.39, 0.29) is 11.8 Å². The predicted molar refractivity (Wildman–Crippen MR) is 108 cm³/mol. The van der Waals surface area contributed by atoms with E-state index >= 15 is 0 Å². The third kappa shape index (κ3) is 6.01. The Hall–Kier alpha value is -3.02. The van der Waals surface area contributed by atoms with Crippen LogP contribution < -0.4 is 14.8 Å². The molecule has 0 saturated heterocycles. The van der Waals surface area contributed by atoms with Gasteiger partial charge in [0, 0.05) is 20.0 Å². The molecule has 2 rings (SSSR count). The van der Waals surface area contributed by atoms with Gasteiger partial charge in [-0.25, -0.2) is 0 Å². The van der Waals surface area contributed by atoms with E-state index in [2.05, 4.69) is 5.32 Å². The van der Waals surface area contributed by atoms with Crippen LogP contribution in [0.3, 0.4) is 0 Å². The standard InChI is InChI=1S/C22H28N2O4/c1-16(22(26)23-14-13-18-5-9-20(27-3)10-6-18)24(17(2)25)15-19-7-11-21(28-4)12-8-19/h5-12,16H,13-15H2,1-4H3,(H,23,26)/t16-/m1/s1. The number of methoxy groups -OCH3 is 2. The molecule has 0 heterocycles. The Bertz CT molecular complexity index is 772. The summed E-state index contributed by atoms with van der Waals surface area (Å²) in [5.41, 5.74) is 2.05. The van der Waals surface area contributed by atoms with E-state index in [1.807, 2.05) is 48.5 Å². The fourth-order valence-electron chi connectivity index (χ4n) is 2.86. The van der Waals surface area contributed by atoms with Gasteiger partial charge in [0.15, 0.2) is 0 Å². The second-order valence-corrected chi connectivity index (χ2v) is 6.56. The van der Waals surface area contributed by atoms with Crippen LogP contribution in [0.4, 0.5) is 0 Å². The number of amides is 2. The van der Waals surface area contributed by atoms with E-state index in [0.29, 0.717) is 19.5 Å². The van der Waals surface area contributed by atoms with Gasteiger partial charge in [-0.15, -0.1) is 0 Å². The van der Waals surface area contributed by atoms with Crippen LogP contribution in [0.1, 0.15) is 25.0 Å². The molecule has 6 heteroatoms. The summed E-state index contributed by atoms with van der Waals surface area (Å²) in [5, 5.41) is 2.91. The van der Waals surface area contributed by atoms with Crippen molar-refractivity contribution in [3.63, 3.8) is 0 Å². The zero-order chi connectivity index (χ0) is 20.5. The van der Waals surface area contributed by atoms with Crippen molar-refractivity contribution < 1.29 is 19.1 Å². The highest BCUT2D eigenvalue weighted by Gasteiger charge is 2.23. The van der Waals surface area contributed by atoms with E-state index in [0.717, 1.165) is 22.6 Å². The Kier molecular flexibility index (Phi) is 7.87. The fraction of sp³-hybridized carbons (Fsp3) is 0.364. The summed E-state index contributed by atoms with van der Waals surface area (Å²) in [5.74, 6) is 1.24. The molecule has 0 unspecified atom stereocenters. The quantitative estimate of drug-likeness (QED) is 0.722. The minimum atomic E-state index is -0.560. The molecular formula is C22H28N2O4. The number of carbonyl (C=O) groups is 2. The molecule has 6 nitrogen and oxygen atoms in total. The minimum Gasteiger partial charge on any atom is -0.497 e. The van der Waals surface area contributed by atoms with Crippen molar-refractivity contribution in [1.82, 2.24) is 10.2 Å². The monoisotopic (exact) mass is 384 g/mol.